The van der Waals surface area contributed by atoms with Gasteiger partial charge >= 0.3 is 5.97 Å². The molecule has 0 saturated heterocycles. The highest BCUT2D eigenvalue weighted by molar-refractivity contribution is 9.10. The van der Waals surface area contributed by atoms with Gasteiger partial charge in [0.05, 0.1) is 10.6 Å². The Balaban J connectivity index is 2.75. The molecule has 6 heteroatoms. The lowest BCUT2D eigenvalue weighted by molar-refractivity contribution is -0.137. The number of carbonyl (C=O) groups excluding carboxylic acids is 1. The van der Waals surface area contributed by atoms with Crippen molar-refractivity contribution in [2.45, 2.75) is 32.2 Å². The second kappa shape index (κ2) is 6.39. The van der Waals surface area contributed by atoms with Crippen LogP contribution in [0.3, 0.4) is 0 Å². The molecule has 0 aliphatic carbocycles. The Morgan fingerprint density at radius 2 is 2.05 bits per heavy atom. The molecule has 4 nitrogen and oxygen atoms in total. The second-order valence-electron chi connectivity index (χ2n) is 4.86. The van der Waals surface area contributed by atoms with Crippen LogP contribution in [0.5, 0.6) is 0 Å². The van der Waals surface area contributed by atoms with E-state index in [1.165, 1.54) is 0 Å². The van der Waals surface area contributed by atoms with Gasteiger partial charge < -0.3 is 10.4 Å². The van der Waals surface area contributed by atoms with Crippen LogP contribution in [0, 0.1) is 0 Å². The Labute approximate surface area is 125 Å². The number of carboxylic acid groups (broad SMARTS) is 1. The third-order valence-corrected chi connectivity index (χ3v) is 3.40. The fraction of sp³-hybridized carbons (Fsp3) is 0.385. The highest BCUT2D eigenvalue weighted by atomic mass is 79.9. The molecule has 104 valence electrons. The highest BCUT2D eigenvalue weighted by Crippen LogP contribution is 2.22. The minimum Gasteiger partial charge on any atom is -0.481 e. The van der Waals surface area contributed by atoms with Crippen LogP contribution in [0.15, 0.2) is 22.7 Å². The van der Waals surface area contributed by atoms with Crippen LogP contribution in [0.1, 0.15) is 37.0 Å². The molecule has 0 spiro atoms. The molecule has 0 aliphatic heterocycles. The van der Waals surface area contributed by atoms with Gasteiger partial charge in [-0.15, -0.1) is 0 Å². The molecule has 0 aromatic heterocycles. The van der Waals surface area contributed by atoms with Gasteiger partial charge in [0.15, 0.2) is 0 Å². The number of nitrogens with one attached hydrogen (secondary N) is 1. The molecule has 0 bridgehead atoms. The van der Waals surface area contributed by atoms with Crippen LogP contribution in [0.4, 0.5) is 0 Å². The molecular weight excluding hydrogens is 334 g/mol. The summed E-state index contributed by atoms with van der Waals surface area (Å²) in [7, 11) is 0. The fourth-order valence-electron chi connectivity index (χ4n) is 1.53. The van der Waals surface area contributed by atoms with E-state index in [2.05, 4.69) is 21.2 Å². The van der Waals surface area contributed by atoms with Gasteiger partial charge in [-0.05, 0) is 38.5 Å². The summed E-state index contributed by atoms with van der Waals surface area (Å²) in [5, 5.41) is 11.8. The molecule has 0 atom stereocenters. The topological polar surface area (TPSA) is 66.4 Å². The molecule has 2 N–H and O–H groups in total. The SMILES string of the molecule is CC(C)(CCC(=O)O)NC(=O)c1ccc(Br)cc1Cl. The summed E-state index contributed by atoms with van der Waals surface area (Å²) in [6.45, 7) is 3.56. The quantitative estimate of drug-likeness (QED) is 0.856. The number of amides is 1. The number of rotatable bonds is 5. The lowest BCUT2D eigenvalue weighted by atomic mass is 9.98. The van der Waals surface area contributed by atoms with Gasteiger partial charge in [0.2, 0.25) is 0 Å². The van der Waals surface area contributed by atoms with Crippen molar-refractivity contribution in [3.05, 3.63) is 33.3 Å². The Bertz CT molecular complexity index is 503. The molecule has 0 radical (unpaired) electrons. The Morgan fingerprint density at radius 3 is 2.58 bits per heavy atom. The first-order chi connectivity index (χ1) is 8.71. The third-order valence-electron chi connectivity index (χ3n) is 2.59. The van der Waals surface area contributed by atoms with Crippen molar-refractivity contribution < 1.29 is 14.7 Å². The molecule has 0 fully saturated rings. The first-order valence-corrected chi connectivity index (χ1v) is 6.88. The Morgan fingerprint density at radius 1 is 1.42 bits per heavy atom. The molecule has 0 aliphatic rings. The zero-order valence-corrected chi connectivity index (χ0v) is 13.0. The average Bonchev–Trinajstić information content (AvgIpc) is 2.25. The number of hydrogen-bond donors (Lipinski definition) is 2. The van der Waals surface area contributed by atoms with Crippen molar-refractivity contribution in [1.29, 1.82) is 0 Å². The van der Waals surface area contributed by atoms with E-state index >= 15 is 0 Å². The van der Waals surface area contributed by atoms with Crippen LogP contribution < -0.4 is 5.32 Å². The van der Waals surface area contributed by atoms with Crippen LogP contribution in [-0.2, 0) is 4.79 Å². The summed E-state index contributed by atoms with van der Waals surface area (Å²) in [5.41, 5.74) is -0.237. The number of carboxylic acids is 1. The first-order valence-electron chi connectivity index (χ1n) is 5.70. The van der Waals surface area contributed by atoms with Gasteiger partial charge in [-0.1, -0.05) is 27.5 Å². The van der Waals surface area contributed by atoms with E-state index in [4.69, 9.17) is 16.7 Å². The molecule has 1 rings (SSSR count). The third kappa shape index (κ3) is 5.20. The maximum atomic E-state index is 12.1. The Hall–Kier alpha value is -1.07. The molecule has 0 heterocycles. The predicted octanol–water partition coefficient (Wildman–Crippen LogP) is 3.48. The van der Waals surface area contributed by atoms with E-state index in [0.29, 0.717) is 17.0 Å². The number of benzene rings is 1. The van der Waals surface area contributed by atoms with Gasteiger partial charge in [-0.25, -0.2) is 0 Å². The molecule has 1 aromatic rings. The van der Waals surface area contributed by atoms with Gasteiger partial charge in [-0.3, -0.25) is 9.59 Å². The monoisotopic (exact) mass is 347 g/mol. The van der Waals surface area contributed by atoms with Gasteiger partial charge in [0.1, 0.15) is 0 Å². The van der Waals surface area contributed by atoms with Crippen LogP contribution in [0.25, 0.3) is 0 Å². The van der Waals surface area contributed by atoms with E-state index < -0.39 is 11.5 Å². The number of carbonyl (C=O) groups is 2. The maximum Gasteiger partial charge on any atom is 0.303 e. The zero-order chi connectivity index (χ0) is 14.6. The van der Waals surface area contributed by atoms with E-state index in [-0.39, 0.29) is 12.3 Å². The van der Waals surface area contributed by atoms with Crippen molar-refractivity contribution in [3.63, 3.8) is 0 Å². The van der Waals surface area contributed by atoms with Gasteiger partial charge in [-0.2, -0.15) is 0 Å². The average molecular weight is 349 g/mol. The normalized spacial score (nSPS) is 11.2. The molecule has 1 aromatic carbocycles. The number of hydrogen-bond acceptors (Lipinski definition) is 2. The highest BCUT2D eigenvalue weighted by Gasteiger charge is 2.23. The van der Waals surface area contributed by atoms with Crippen molar-refractivity contribution >= 4 is 39.4 Å². The van der Waals surface area contributed by atoms with Crippen molar-refractivity contribution in [3.8, 4) is 0 Å². The van der Waals surface area contributed by atoms with Gasteiger partial charge in [0, 0.05) is 16.4 Å². The lowest BCUT2D eigenvalue weighted by Gasteiger charge is -2.25. The second-order valence-corrected chi connectivity index (χ2v) is 6.18. The summed E-state index contributed by atoms with van der Waals surface area (Å²) in [6.07, 6.45) is 0.351. The van der Waals surface area contributed by atoms with E-state index in [1.807, 2.05) is 0 Å². The minimum absolute atomic E-state index is 0.00134. The molecule has 0 unspecified atom stereocenters. The van der Waals surface area contributed by atoms with Crippen molar-refractivity contribution in [1.82, 2.24) is 5.32 Å². The lowest BCUT2D eigenvalue weighted by Crippen LogP contribution is -2.43. The minimum atomic E-state index is -0.885. The van der Waals surface area contributed by atoms with Crippen LogP contribution >= 0.6 is 27.5 Å². The van der Waals surface area contributed by atoms with Gasteiger partial charge in [0.25, 0.3) is 5.91 Å². The van der Waals surface area contributed by atoms with E-state index in [0.717, 1.165) is 4.47 Å². The standard InChI is InChI=1S/C13H15BrClNO3/c1-13(2,6-5-11(17)18)16-12(19)9-4-3-8(14)7-10(9)15/h3-4,7H,5-6H2,1-2H3,(H,16,19)(H,17,18). The van der Waals surface area contributed by atoms with E-state index in [1.54, 1.807) is 32.0 Å². The number of halogens is 2. The van der Waals surface area contributed by atoms with Crippen molar-refractivity contribution in [2.75, 3.05) is 0 Å². The molecular formula is C13H15BrClNO3. The Kier molecular flexibility index (Phi) is 5.38. The fourth-order valence-corrected chi connectivity index (χ4v) is 2.29. The zero-order valence-electron chi connectivity index (χ0n) is 10.7. The predicted molar refractivity (Wildman–Crippen MR) is 77.6 cm³/mol. The maximum absolute atomic E-state index is 12.1. The van der Waals surface area contributed by atoms with Crippen molar-refractivity contribution in [2.24, 2.45) is 0 Å². The largest absolute Gasteiger partial charge is 0.481 e. The molecule has 19 heavy (non-hydrogen) atoms. The summed E-state index contributed by atoms with van der Waals surface area (Å²) in [4.78, 5) is 22.6. The smallest absolute Gasteiger partial charge is 0.303 e. The summed E-state index contributed by atoms with van der Waals surface area (Å²) in [6, 6.07) is 4.99. The van der Waals surface area contributed by atoms with Crippen LogP contribution in [-0.4, -0.2) is 22.5 Å². The van der Waals surface area contributed by atoms with Crippen LogP contribution in [0.2, 0.25) is 5.02 Å². The first kappa shape index (κ1) is 16.0. The molecule has 0 saturated carbocycles. The summed E-state index contributed by atoms with van der Waals surface area (Å²) in [5.74, 6) is -1.20. The summed E-state index contributed by atoms with van der Waals surface area (Å²) < 4.78 is 0.791. The summed E-state index contributed by atoms with van der Waals surface area (Å²) >= 11 is 9.26. The van der Waals surface area contributed by atoms with E-state index in [9.17, 15) is 9.59 Å². The molecule has 1 amide bonds. The number of aliphatic carboxylic acids is 1.